The first-order valence-electron chi connectivity index (χ1n) is 7.29. The van der Waals surface area contributed by atoms with Gasteiger partial charge in [0.2, 0.25) is 5.78 Å². The Labute approximate surface area is 139 Å². The smallest absolute Gasteiger partial charge is 0.202 e. The van der Waals surface area contributed by atoms with Crippen LogP contribution in [0, 0.1) is 11.8 Å². The van der Waals surface area contributed by atoms with Gasteiger partial charge in [-0.3, -0.25) is 4.79 Å². The Morgan fingerprint density at radius 3 is 2.43 bits per heavy atom. The van der Waals surface area contributed by atoms with Crippen LogP contribution in [0.5, 0.6) is 0 Å². The minimum absolute atomic E-state index is 0.0604. The van der Waals surface area contributed by atoms with E-state index in [1.807, 2.05) is 72.1 Å². The first kappa shape index (κ1) is 15.1. The molecular formula is C20H15NOS. The van der Waals surface area contributed by atoms with E-state index >= 15 is 0 Å². The number of thiophene rings is 1. The number of benzene rings is 2. The average molecular weight is 317 g/mol. The number of rotatable bonds is 4. The van der Waals surface area contributed by atoms with Crippen LogP contribution < -0.4 is 5.32 Å². The minimum atomic E-state index is 0.0604. The van der Waals surface area contributed by atoms with Gasteiger partial charge in [-0.1, -0.05) is 36.1 Å². The van der Waals surface area contributed by atoms with Crippen LogP contribution in [0.25, 0.3) is 0 Å². The van der Waals surface area contributed by atoms with Crippen LogP contribution in [0.4, 0.5) is 5.69 Å². The van der Waals surface area contributed by atoms with Crippen molar-refractivity contribution in [3.05, 3.63) is 88.1 Å². The number of hydrogen-bond acceptors (Lipinski definition) is 3. The highest BCUT2D eigenvalue weighted by Crippen LogP contribution is 2.15. The lowest BCUT2D eigenvalue weighted by Gasteiger charge is -2.00. The van der Waals surface area contributed by atoms with E-state index in [2.05, 4.69) is 17.2 Å². The third-order valence-corrected chi connectivity index (χ3v) is 4.15. The van der Waals surface area contributed by atoms with Gasteiger partial charge >= 0.3 is 0 Å². The fraction of sp³-hybridized carbons (Fsp3) is 0.0500. The van der Waals surface area contributed by atoms with Crippen molar-refractivity contribution in [2.24, 2.45) is 0 Å². The van der Waals surface area contributed by atoms with Gasteiger partial charge in [0.25, 0.3) is 0 Å². The second-order valence-corrected chi connectivity index (χ2v) is 5.85. The van der Waals surface area contributed by atoms with Crippen molar-refractivity contribution >= 4 is 22.8 Å². The van der Waals surface area contributed by atoms with Crippen molar-refractivity contribution in [3.63, 3.8) is 0 Å². The summed E-state index contributed by atoms with van der Waals surface area (Å²) in [7, 11) is 0. The molecule has 0 fully saturated rings. The zero-order valence-corrected chi connectivity index (χ0v) is 13.3. The van der Waals surface area contributed by atoms with Gasteiger partial charge in [0.05, 0.1) is 11.4 Å². The monoisotopic (exact) mass is 317 g/mol. The van der Waals surface area contributed by atoms with E-state index in [0.717, 1.165) is 16.1 Å². The Hall–Kier alpha value is -2.83. The van der Waals surface area contributed by atoms with Crippen LogP contribution in [0.3, 0.4) is 0 Å². The summed E-state index contributed by atoms with van der Waals surface area (Å²) in [6.45, 7) is 0.583. The summed E-state index contributed by atoms with van der Waals surface area (Å²) < 4.78 is 0. The molecule has 0 atom stereocenters. The number of ketones is 1. The molecule has 0 spiro atoms. The molecule has 0 aliphatic carbocycles. The molecule has 2 nitrogen and oxygen atoms in total. The molecule has 3 heteroatoms. The molecule has 0 unspecified atom stereocenters. The maximum atomic E-state index is 12.2. The molecular weight excluding hydrogens is 302 g/mol. The molecule has 112 valence electrons. The van der Waals surface area contributed by atoms with Crippen LogP contribution in [0.1, 0.15) is 20.8 Å². The second-order valence-electron chi connectivity index (χ2n) is 4.91. The number of para-hydroxylation sites is 1. The number of hydrogen-bond donors (Lipinski definition) is 1. The maximum Gasteiger partial charge on any atom is 0.202 e. The number of anilines is 1. The first-order chi connectivity index (χ1) is 11.3. The summed E-state index contributed by atoms with van der Waals surface area (Å²) in [5, 5.41) is 5.15. The summed E-state index contributed by atoms with van der Waals surface area (Å²) >= 11 is 1.46. The van der Waals surface area contributed by atoms with E-state index in [1.54, 1.807) is 0 Å². The quantitative estimate of drug-likeness (QED) is 0.569. The average Bonchev–Trinajstić information content (AvgIpc) is 3.14. The lowest BCUT2D eigenvalue weighted by molar-refractivity contribution is 0.104. The Balaban J connectivity index is 1.60. The van der Waals surface area contributed by atoms with Crippen LogP contribution >= 0.6 is 11.3 Å². The molecule has 3 aromatic rings. The van der Waals surface area contributed by atoms with Crippen LogP contribution in [-0.4, -0.2) is 12.3 Å². The highest BCUT2D eigenvalue weighted by Gasteiger charge is 2.08. The molecule has 23 heavy (non-hydrogen) atoms. The van der Waals surface area contributed by atoms with E-state index in [0.29, 0.717) is 12.1 Å². The van der Waals surface area contributed by atoms with Crippen molar-refractivity contribution < 1.29 is 4.79 Å². The lowest BCUT2D eigenvalue weighted by Crippen LogP contribution is -1.98. The summed E-state index contributed by atoms with van der Waals surface area (Å²) in [5.74, 6) is 6.24. The van der Waals surface area contributed by atoms with Gasteiger partial charge in [0.1, 0.15) is 0 Å². The molecule has 0 aliphatic heterocycles. The van der Waals surface area contributed by atoms with E-state index in [1.165, 1.54) is 11.3 Å². The van der Waals surface area contributed by atoms with Crippen molar-refractivity contribution in [1.29, 1.82) is 0 Å². The van der Waals surface area contributed by atoms with Gasteiger partial charge in [-0.25, -0.2) is 0 Å². The predicted molar refractivity (Wildman–Crippen MR) is 96.0 cm³/mol. The maximum absolute atomic E-state index is 12.2. The zero-order valence-electron chi connectivity index (χ0n) is 12.5. The number of carbonyl (C=O) groups excluding carboxylic acids is 1. The number of nitrogens with one attached hydrogen (secondary N) is 1. The number of carbonyl (C=O) groups is 1. The van der Waals surface area contributed by atoms with Gasteiger partial charge < -0.3 is 5.32 Å². The van der Waals surface area contributed by atoms with Crippen LogP contribution in [-0.2, 0) is 0 Å². The molecule has 0 radical (unpaired) electrons. The van der Waals surface area contributed by atoms with Crippen molar-refractivity contribution in [2.75, 3.05) is 11.9 Å². The minimum Gasteiger partial charge on any atom is -0.374 e. The Morgan fingerprint density at radius 1 is 0.957 bits per heavy atom. The van der Waals surface area contributed by atoms with Gasteiger partial charge in [0.15, 0.2) is 0 Å². The van der Waals surface area contributed by atoms with Crippen LogP contribution in [0.2, 0.25) is 0 Å². The zero-order chi connectivity index (χ0) is 15.9. The molecule has 0 saturated carbocycles. The second kappa shape index (κ2) is 7.44. The van der Waals surface area contributed by atoms with Gasteiger partial charge in [-0.15, -0.1) is 11.3 Å². The fourth-order valence-corrected chi connectivity index (χ4v) is 2.79. The molecule has 1 aromatic heterocycles. The largest absolute Gasteiger partial charge is 0.374 e. The Morgan fingerprint density at radius 2 is 1.74 bits per heavy atom. The standard InChI is InChI=1S/C20H15NOS/c22-20(19-9-5-15-23-19)17-12-10-16(11-13-17)6-4-14-21-18-7-2-1-3-8-18/h1-3,5,7-13,15,21H,14H2. The summed E-state index contributed by atoms with van der Waals surface area (Å²) in [5.41, 5.74) is 2.65. The van der Waals surface area contributed by atoms with E-state index < -0.39 is 0 Å². The fourth-order valence-electron chi connectivity index (χ4n) is 2.10. The normalized spacial score (nSPS) is 9.74. The highest BCUT2D eigenvalue weighted by atomic mass is 32.1. The summed E-state index contributed by atoms with van der Waals surface area (Å²) in [6, 6.07) is 21.1. The SMILES string of the molecule is O=C(c1ccc(C#CCNc2ccccc2)cc1)c1cccs1. The topological polar surface area (TPSA) is 29.1 Å². The van der Waals surface area contributed by atoms with E-state index in [9.17, 15) is 4.79 Å². The van der Waals surface area contributed by atoms with Gasteiger partial charge in [-0.05, 0) is 47.8 Å². The van der Waals surface area contributed by atoms with Crippen molar-refractivity contribution in [1.82, 2.24) is 0 Å². The third-order valence-electron chi connectivity index (χ3n) is 3.28. The van der Waals surface area contributed by atoms with E-state index in [-0.39, 0.29) is 5.78 Å². The Bertz CT molecular complexity index is 825. The molecule has 0 bridgehead atoms. The van der Waals surface area contributed by atoms with Gasteiger partial charge in [-0.2, -0.15) is 0 Å². The van der Waals surface area contributed by atoms with Crippen LogP contribution in [0.15, 0.2) is 72.1 Å². The molecule has 0 amide bonds. The lowest BCUT2D eigenvalue weighted by atomic mass is 10.1. The predicted octanol–water partition coefficient (Wildman–Crippen LogP) is 4.44. The summed E-state index contributed by atoms with van der Waals surface area (Å²) in [4.78, 5) is 13.0. The molecule has 0 saturated heterocycles. The first-order valence-corrected chi connectivity index (χ1v) is 8.17. The molecule has 2 aromatic carbocycles. The van der Waals surface area contributed by atoms with Crippen molar-refractivity contribution in [2.45, 2.75) is 0 Å². The van der Waals surface area contributed by atoms with E-state index in [4.69, 9.17) is 0 Å². The molecule has 0 aliphatic rings. The summed E-state index contributed by atoms with van der Waals surface area (Å²) in [6.07, 6.45) is 0. The highest BCUT2D eigenvalue weighted by molar-refractivity contribution is 7.12. The van der Waals surface area contributed by atoms with Gasteiger partial charge in [0, 0.05) is 16.8 Å². The molecule has 1 heterocycles. The molecule has 1 N–H and O–H groups in total. The van der Waals surface area contributed by atoms with Crippen molar-refractivity contribution in [3.8, 4) is 11.8 Å². The molecule has 3 rings (SSSR count). The third kappa shape index (κ3) is 4.09. The Kier molecular flexibility index (Phi) is 4.88.